The monoisotopic (exact) mass is 309 g/mol. The fourth-order valence-corrected chi connectivity index (χ4v) is 4.18. The largest absolute Gasteiger partial charge is 0.348 e. The van der Waals surface area contributed by atoms with Gasteiger partial charge in [-0.3, -0.25) is 0 Å². The van der Waals surface area contributed by atoms with Gasteiger partial charge in [-0.05, 0) is 37.1 Å². The van der Waals surface area contributed by atoms with E-state index in [1.807, 2.05) is 0 Å². The summed E-state index contributed by atoms with van der Waals surface area (Å²) in [6.07, 6.45) is 4.12. The van der Waals surface area contributed by atoms with Crippen LogP contribution in [0.2, 0.25) is 0 Å². The zero-order valence-electron chi connectivity index (χ0n) is 11.6. The highest BCUT2D eigenvalue weighted by molar-refractivity contribution is 7.89. The molecule has 2 heterocycles. The summed E-state index contributed by atoms with van der Waals surface area (Å²) in [5.41, 5.74) is 0.331. The second-order valence-electron chi connectivity index (χ2n) is 5.23. The molecule has 0 aliphatic carbocycles. The summed E-state index contributed by atoms with van der Waals surface area (Å²) in [7, 11) is -3.58. The predicted octanol–water partition coefficient (Wildman–Crippen LogP) is 2.04. The molecule has 1 N–H and O–H groups in total. The molecule has 1 aliphatic rings. The normalized spacial score (nSPS) is 20.0. The van der Waals surface area contributed by atoms with Gasteiger partial charge in [-0.25, -0.2) is 17.8 Å². The molecule has 0 unspecified atom stereocenters. The van der Waals surface area contributed by atoms with Crippen LogP contribution < -0.4 is 0 Å². The molecular weight excluding hydrogens is 293 g/mol. The van der Waals surface area contributed by atoms with Crippen LogP contribution >= 0.6 is 0 Å². The number of benzene rings is 1. The van der Waals surface area contributed by atoms with E-state index in [1.165, 1.54) is 22.5 Å². The van der Waals surface area contributed by atoms with Crippen molar-refractivity contribution in [3.63, 3.8) is 0 Å². The summed E-state index contributed by atoms with van der Waals surface area (Å²) in [6, 6.07) is 3.89. The Morgan fingerprint density at radius 3 is 2.90 bits per heavy atom. The van der Waals surface area contributed by atoms with Crippen molar-refractivity contribution in [3.05, 3.63) is 47.8 Å². The fourth-order valence-electron chi connectivity index (χ4n) is 2.60. The third kappa shape index (κ3) is 2.58. The van der Waals surface area contributed by atoms with Gasteiger partial charge in [-0.1, -0.05) is 0 Å². The molecule has 0 spiro atoms. The van der Waals surface area contributed by atoms with Crippen molar-refractivity contribution in [2.75, 3.05) is 13.1 Å². The minimum atomic E-state index is -3.58. The number of hydrogen-bond donors (Lipinski definition) is 1. The van der Waals surface area contributed by atoms with Crippen molar-refractivity contribution in [2.24, 2.45) is 0 Å². The molecule has 1 aliphatic heterocycles. The first-order chi connectivity index (χ1) is 9.98. The van der Waals surface area contributed by atoms with E-state index in [0.29, 0.717) is 18.7 Å². The Balaban J connectivity index is 1.84. The van der Waals surface area contributed by atoms with E-state index in [-0.39, 0.29) is 10.8 Å². The van der Waals surface area contributed by atoms with Gasteiger partial charge in [0.15, 0.2) is 0 Å². The highest BCUT2D eigenvalue weighted by Gasteiger charge is 2.34. The minimum Gasteiger partial charge on any atom is -0.348 e. The lowest BCUT2D eigenvalue weighted by atomic mass is 10.1. The van der Waals surface area contributed by atoms with Crippen LogP contribution in [0.3, 0.4) is 0 Å². The SMILES string of the molecule is Cc1cc(S(=O)(=O)N2CC[C@H](c3ncc[nH]3)C2)ccc1F. The molecule has 21 heavy (non-hydrogen) atoms. The lowest BCUT2D eigenvalue weighted by Gasteiger charge is -2.16. The van der Waals surface area contributed by atoms with E-state index in [0.717, 1.165) is 12.2 Å². The molecule has 0 saturated carbocycles. The zero-order chi connectivity index (χ0) is 15.0. The first-order valence-corrected chi connectivity index (χ1v) is 8.18. The average molecular weight is 309 g/mol. The number of imidazole rings is 1. The molecule has 0 amide bonds. The molecule has 1 saturated heterocycles. The summed E-state index contributed by atoms with van der Waals surface area (Å²) < 4.78 is 39.9. The topological polar surface area (TPSA) is 66.1 Å². The van der Waals surface area contributed by atoms with Crippen molar-refractivity contribution in [3.8, 4) is 0 Å². The number of hydrogen-bond acceptors (Lipinski definition) is 3. The maximum atomic E-state index is 13.3. The Hall–Kier alpha value is -1.73. The molecule has 1 aromatic carbocycles. The van der Waals surface area contributed by atoms with Crippen LogP contribution in [-0.2, 0) is 10.0 Å². The van der Waals surface area contributed by atoms with E-state index < -0.39 is 15.8 Å². The van der Waals surface area contributed by atoms with Crippen LogP contribution in [0.15, 0.2) is 35.5 Å². The average Bonchev–Trinajstić information content (AvgIpc) is 3.11. The summed E-state index contributed by atoms with van der Waals surface area (Å²) in [5, 5.41) is 0. The van der Waals surface area contributed by atoms with Crippen LogP contribution in [0.4, 0.5) is 4.39 Å². The van der Waals surface area contributed by atoms with Crippen LogP contribution in [0.25, 0.3) is 0 Å². The number of H-pyrrole nitrogens is 1. The Morgan fingerprint density at radius 2 is 2.24 bits per heavy atom. The summed E-state index contributed by atoms with van der Waals surface area (Å²) in [4.78, 5) is 7.35. The quantitative estimate of drug-likeness (QED) is 0.943. The molecular formula is C14H16FN3O2S. The van der Waals surface area contributed by atoms with Gasteiger partial charge in [-0.15, -0.1) is 0 Å². The highest BCUT2D eigenvalue weighted by Crippen LogP contribution is 2.29. The standard InChI is InChI=1S/C14H16FN3O2S/c1-10-8-12(2-3-13(10)15)21(19,20)18-7-4-11(9-18)14-16-5-6-17-14/h2-3,5-6,8,11H,4,7,9H2,1H3,(H,16,17)/t11-/m0/s1. The second kappa shape index (κ2) is 5.23. The highest BCUT2D eigenvalue weighted by atomic mass is 32.2. The number of halogens is 1. The predicted molar refractivity (Wildman–Crippen MR) is 75.8 cm³/mol. The molecule has 1 atom stereocenters. The molecule has 7 heteroatoms. The van der Waals surface area contributed by atoms with Crippen LogP contribution in [0.5, 0.6) is 0 Å². The van der Waals surface area contributed by atoms with Crippen LogP contribution in [-0.4, -0.2) is 35.8 Å². The first kappa shape index (κ1) is 14.2. The number of nitrogens with zero attached hydrogens (tertiary/aromatic N) is 2. The molecule has 5 nitrogen and oxygen atoms in total. The molecule has 112 valence electrons. The van der Waals surface area contributed by atoms with Gasteiger partial charge >= 0.3 is 0 Å². The summed E-state index contributed by atoms with van der Waals surface area (Å²) in [5.74, 6) is 0.489. The Labute approximate surface area is 122 Å². The summed E-state index contributed by atoms with van der Waals surface area (Å²) >= 11 is 0. The molecule has 0 bridgehead atoms. The van der Waals surface area contributed by atoms with E-state index in [4.69, 9.17) is 0 Å². The van der Waals surface area contributed by atoms with E-state index in [2.05, 4.69) is 9.97 Å². The third-order valence-corrected chi connectivity index (χ3v) is 5.69. The zero-order valence-corrected chi connectivity index (χ0v) is 12.4. The van der Waals surface area contributed by atoms with E-state index in [1.54, 1.807) is 19.3 Å². The molecule has 1 fully saturated rings. The van der Waals surface area contributed by atoms with Gasteiger partial charge in [-0.2, -0.15) is 4.31 Å². The lowest BCUT2D eigenvalue weighted by Crippen LogP contribution is -2.28. The van der Waals surface area contributed by atoms with Gasteiger partial charge < -0.3 is 4.98 Å². The number of aryl methyl sites for hydroxylation is 1. The van der Waals surface area contributed by atoms with Crippen molar-refractivity contribution in [1.82, 2.24) is 14.3 Å². The molecule has 2 aromatic rings. The smallest absolute Gasteiger partial charge is 0.243 e. The fraction of sp³-hybridized carbons (Fsp3) is 0.357. The molecule has 0 radical (unpaired) electrons. The second-order valence-corrected chi connectivity index (χ2v) is 7.17. The van der Waals surface area contributed by atoms with Gasteiger partial charge in [0.1, 0.15) is 11.6 Å². The Bertz CT molecular complexity index is 744. The lowest BCUT2D eigenvalue weighted by molar-refractivity contribution is 0.471. The van der Waals surface area contributed by atoms with Gasteiger partial charge in [0.2, 0.25) is 10.0 Å². The number of aromatic amines is 1. The van der Waals surface area contributed by atoms with Crippen LogP contribution in [0, 0.1) is 12.7 Å². The Kier molecular flexibility index (Phi) is 3.54. The molecule has 3 rings (SSSR count). The number of nitrogens with one attached hydrogen (secondary N) is 1. The van der Waals surface area contributed by atoms with E-state index >= 15 is 0 Å². The number of aromatic nitrogens is 2. The number of rotatable bonds is 3. The minimum absolute atomic E-state index is 0.0799. The first-order valence-electron chi connectivity index (χ1n) is 6.74. The maximum absolute atomic E-state index is 13.3. The van der Waals surface area contributed by atoms with Gasteiger partial charge in [0.05, 0.1) is 4.90 Å². The van der Waals surface area contributed by atoms with E-state index in [9.17, 15) is 12.8 Å². The summed E-state index contributed by atoms with van der Waals surface area (Å²) in [6.45, 7) is 2.40. The van der Waals surface area contributed by atoms with Crippen LogP contribution in [0.1, 0.15) is 23.7 Å². The van der Waals surface area contributed by atoms with Crippen molar-refractivity contribution in [2.45, 2.75) is 24.2 Å². The Morgan fingerprint density at radius 1 is 1.43 bits per heavy atom. The maximum Gasteiger partial charge on any atom is 0.243 e. The van der Waals surface area contributed by atoms with Crippen molar-refractivity contribution in [1.29, 1.82) is 0 Å². The number of sulfonamides is 1. The van der Waals surface area contributed by atoms with Crippen molar-refractivity contribution >= 4 is 10.0 Å². The third-order valence-electron chi connectivity index (χ3n) is 3.82. The van der Waals surface area contributed by atoms with Crippen molar-refractivity contribution < 1.29 is 12.8 Å². The molecule has 1 aromatic heterocycles. The van der Waals surface area contributed by atoms with Gasteiger partial charge in [0, 0.05) is 31.4 Å². The van der Waals surface area contributed by atoms with Gasteiger partial charge in [0.25, 0.3) is 0 Å².